The van der Waals surface area contributed by atoms with Crippen molar-refractivity contribution in [1.82, 2.24) is 9.78 Å². The fourth-order valence-electron chi connectivity index (χ4n) is 2.08. The molecule has 0 aromatic carbocycles. The van der Waals surface area contributed by atoms with Gasteiger partial charge >= 0.3 is 12.1 Å². The number of hydrogen-bond donors (Lipinski definition) is 1. The largest absolute Gasteiger partial charge is 0.461 e. The number of amides is 1. The first kappa shape index (κ1) is 16.3. The molecule has 1 saturated carbocycles. The summed E-state index contributed by atoms with van der Waals surface area (Å²) in [6.45, 7) is 9.08. The van der Waals surface area contributed by atoms with Crippen molar-refractivity contribution < 1.29 is 19.1 Å². The van der Waals surface area contributed by atoms with Crippen molar-refractivity contribution >= 4 is 17.7 Å². The summed E-state index contributed by atoms with van der Waals surface area (Å²) in [4.78, 5) is 24.2. The molecular weight excluding hydrogens is 286 g/mol. The van der Waals surface area contributed by atoms with E-state index in [2.05, 4.69) is 10.4 Å². The summed E-state index contributed by atoms with van der Waals surface area (Å²) >= 11 is 0. The molecule has 1 heterocycles. The van der Waals surface area contributed by atoms with E-state index in [0.717, 1.165) is 12.8 Å². The van der Waals surface area contributed by atoms with E-state index in [9.17, 15) is 9.59 Å². The number of ether oxygens (including phenoxy) is 2. The van der Waals surface area contributed by atoms with Crippen molar-refractivity contribution in [3.8, 4) is 0 Å². The lowest BCUT2D eigenvalue weighted by atomic mass is 10.2. The van der Waals surface area contributed by atoms with Gasteiger partial charge in [-0.05, 0) is 47.5 Å². The summed E-state index contributed by atoms with van der Waals surface area (Å²) in [6, 6.07) is 0.201. The molecule has 0 bridgehead atoms. The topological polar surface area (TPSA) is 82.4 Å². The van der Waals surface area contributed by atoms with E-state index in [1.807, 2.05) is 0 Å². The van der Waals surface area contributed by atoms with Gasteiger partial charge in [-0.15, -0.1) is 0 Å². The molecule has 0 aliphatic heterocycles. The van der Waals surface area contributed by atoms with Crippen LogP contribution in [0.3, 0.4) is 0 Å². The fourth-order valence-corrected chi connectivity index (χ4v) is 2.08. The van der Waals surface area contributed by atoms with Gasteiger partial charge in [0.05, 0.1) is 24.0 Å². The monoisotopic (exact) mass is 309 g/mol. The van der Waals surface area contributed by atoms with Gasteiger partial charge in [0.25, 0.3) is 0 Å². The molecular formula is C15H23N3O4. The smallest absolute Gasteiger partial charge is 0.412 e. The molecule has 0 spiro atoms. The number of carbonyl (C=O) groups excluding carboxylic acids is 2. The zero-order valence-electron chi connectivity index (χ0n) is 13.7. The molecule has 22 heavy (non-hydrogen) atoms. The van der Waals surface area contributed by atoms with Crippen LogP contribution in [-0.4, -0.2) is 34.1 Å². The zero-order chi connectivity index (χ0) is 16.5. The lowest BCUT2D eigenvalue weighted by molar-refractivity contribution is 0.0513. The van der Waals surface area contributed by atoms with E-state index in [0.29, 0.717) is 11.4 Å². The molecule has 0 saturated heterocycles. The molecule has 0 radical (unpaired) electrons. The number of esters is 1. The van der Waals surface area contributed by atoms with Crippen LogP contribution in [-0.2, 0) is 9.47 Å². The second-order valence-electron chi connectivity index (χ2n) is 6.33. The molecule has 1 N–H and O–H groups in total. The lowest BCUT2D eigenvalue weighted by Gasteiger charge is -2.19. The third kappa shape index (κ3) is 3.78. The third-order valence-electron chi connectivity index (χ3n) is 3.07. The Kier molecular flexibility index (Phi) is 4.44. The van der Waals surface area contributed by atoms with Crippen molar-refractivity contribution in [2.24, 2.45) is 0 Å². The number of aromatic nitrogens is 2. The number of hydrogen-bond acceptors (Lipinski definition) is 5. The molecule has 1 aliphatic rings. The summed E-state index contributed by atoms with van der Waals surface area (Å²) < 4.78 is 12.0. The number of nitrogens with zero attached hydrogens (tertiary/aromatic N) is 2. The molecule has 0 unspecified atom stereocenters. The van der Waals surface area contributed by atoms with E-state index in [4.69, 9.17) is 9.47 Å². The number of carbonyl (C=O) groups is 2. The van der Waals surface area contributed by atoms with Gasteiger partial charge in [0, 0.05) is 0 Å². The van der Waals surface area contributed by atoms with Crippen LogP contribution in [0.5, 0.6) is 0 Å². The normalized spacial score (nSPS) is 14.6. The molecule has 7 nitrogen and oxygen atoms in total. The van der Waals surface area contributed by atoms with Crippen LogP contribution in [0.1, 0.15) is 62.8 Å². The minimum Gasteiger partial charge on any atom is -0.461 e. The highest BCUT2D eigenvalue weighted by Crippen LogP contribution is 2.38. The van der Waals surface area contributed by atoms with Crippen molar-refractivity contribution in [1.29, 1.82) is 0 Å². The Morgan fingerprint density at radius 2 is 2.00 bits per heavy atom. The van der Waals surface area contributed by atoms with Crippen LogP contribution >= 0.6 is 0 Å². The number of rotatable bonds is 4. The number of anilines is 1. The quantitative estimate of drug-likeness (QED) is 0.864. The van der Waals surface area contributed by atoms with Gasteiger partial charge in [0.1, 0.15) is 5.60 Å². The summed E-state index contributed by atoms with van der Waals surface area (Å²) in [5.74, 6) is -0.485. The fraction of sp³-hybridized carbons (Fsp3) is 0.667. The maximum Gasteiger partial charge on any atom is 0.412 e. The van der Waals surface area contributed by atoms with Gasteiger partial charge in [-0.3, -0.25) is 10.00 Å². The number of nitrogens with one attached hydrogen (secondary N) is 1. The molecule has 1 aliphatic carbocycles. The maximum absolute atomic E-state index is 12.2. The van der Waals surface area contributed by atoms with Crippen molar-refractivity contribution in [3.05, 3.63) is 11.4 Å². The van der Waals surface area contributed by atoms with Gasteiger partial charge in [-0.25, -0.2) is 9.59 Å². The maximum atomic E-state index is 12.2. The van der Waals surface area contributed by atoms with Crippen LogP contribution in [0.25, 0.3) is 0 Å². The summed E-state index contributed by atoms with van der Waals surface area (Å²) in [7, 11) is 0. The van der Waals surface area contributed by atoms with Crippen molar-refractivity contribution in [3.63, 3.8) is 0 Å². The average Bonchev–Trinajstić information content (AvgIpc) is 3.14. The second-order valence-corrected chi connectivity index (χ2v) is 6.33. The highest BCUT2D eigenvalue weighted by atomic mass is 16.6. The third-order valence-corrected chi connectivity index (χ3v) is 3.07. The molecule has 0 atom stereocenters. The van der Waals surface area contributed by atoms with Crippen molar-refractivity contribution in [2.75, 3.05) is 11.9 Å². The standard InChI is InChI=1S/C15H23N3O4/c1-6-21-13(19)12-11(16-14(20)22-15(3,4)5)9(2)17-18(12)10-7-8-10/h10H,6-8H2,1-5H3,(H,16,20). The predicted molar refractivity (Wildman–Crippen MR) is 81.0 cm³/mol. The van der Waals surface area contributed by atoms with Gasteiger partial charge < -0.3 is 9.47 Å². The highest BCUT2D eigenvalue weighted by Gasteiger charge is 2.33. The van der Waals surface area contributed by atoms with Gasteiger partial charge in [0.2, 0.25) is 0 Å². The second kappa shape index (κ2) is 5.98. The Balaban J connectivity index is 2.29. The Morgan fingerprint density at radius 3 is 2.50 bits per heavy atom. The van der Waals surface area contributed by atoms with Crippen LogP contribution in [0.2, 0.25) is 0 Å². The van der Waals surface area contributed by atoms with E-state index in [1.54, 1.807) is 39.3 Å². The van der Waals surface area contributed by atoms with Gasteiger partial charge in [0.15, 0.2) is 5.69 Å². The average molecular weight is 309 g/mol. The van der Waals surface area contributed by atoms with Crippen LogP contribution in [0.4, 0.5) is 10.5 Å². The number of aryl methyl sites for hydroxylation is 1. The molecule has 1 aromatic heterocycles. The molecule has 7 heteroatoms. The van der Waals surface area contributed by atoms with E-state index in [1.165, 1.54) is 0 Å². The minimum atomic E-state index is -0.617. The predicted octanol–water partition coefficient (Wildman–Crippen LogP) is 3.05. The Bertz CT molecular complexity index is 582. The lowest BCUT2D eigenvalue weighted by Crippen LogP contribution is -2.28. The molecule has 1 aromatic rings. The van der Waals surface area contributed by atoms with Crippen LogP contribution in [0.15, 0.2) is 0 Å². The van der Waals surface area contributed by atoms with Crippen LogP contribution in [0, 0.1) is 6.92 Å². The first-order valence-corrected chi connectivity index (χ1v) is 7.49. The Morgan fingerprint density at radius 1 is 1.36 bits per heavy atom. The molecule has 122 valence electrons. The summed E-state index contributed by atoms with van der Waals surface area (Å²) in [6.07, 6.45) is 1.33. The first-order chi connectivity index (χ1) is 10.2. The van der Waals surface area contributed by atoms with Crippen molar-refractivity contribution in [2.45, 2.75) is 59.1 Å². The van der Waals surface area contributed by atoms with E-state index >= 15 is 0 Å². The Hall–Kier alpha value is -2.05. The van der Waals surface area contributed by atoms with Gasteiger partial charge in [-0.2, -0.15) is 5.10 Å². The zero-order valence-corrected chi connectivity index (χ0v) is 13.7. The SMILES string of the molecule is CCOC(=O)c1c(NC(=O)OC(C)(C)C)c(C)nn1C1CC1. The van der Waals surface area contributed by atoms with E-state index < -0.39 is 17.7 Å². The minimum absolute atomic E-state index is 0.201. The highest BCUT2D eigenvalue weighted by molar-refractivity contribution is 5.99. The van der Waals surface area contributed by atoms with Gasteiger partial charge in [-0.1, -0.05) is 0 Å². The molecule has 1 amide bonds. The molecule has 1 fully saturated rings. The summed E-state index contributed by atoms with van der Waals surface area (Å²) in [5.41, 5.74) is 0.599. The van der Waals surface area contributed by atoms with E-state index in [-0.39, 0.29) is 18.3 Å². The first-order valence-electron chi connectivity index (χ1n) is 7.49. The summed E-state index contributed by atoms with van der Waals surface area (Å²) in [5, 5.41) is 7.00. The van der Waals surface area contributed by atoms with Crippen LogP contribution < -0.4 is 5.32 Å². The Labute approximate surface area is 130 Å². The molecule has 2 rings (SSSR count).